The van der Waals surface area contributed by atoms with Crippen molar-refractivity contribution in [2.45, 2.75) is 17.1 Å². The Morgan fingerprint density at radius 3 is 2.92 bits per heavy atom. The lowest BCUT2D eigenvalue weighted by molar-refractivity contribution is 0.300. The van der Waals surface area contributed by atoms with Crippen LogP contribution in [0, 0.1) is 0 Å². The molecule has 0 bridgehead atoms. The number of aliphatic hydroxyl groups excluding tert-OH is 1. The van der Waals surface area contributed by atoms with Crippen molar-refractivity contribution < 1.29 is 5.11 Å². The van der Waals surface area contributed by atoms with Gasteiger partial charge < -0.3 is 10.8 Å². The molecule has 0 radical (unpaired) electrons. The maximum atomic E-state index is 8.88. The highest BCUT2D eigenvalue weighted by Crippen LogP contribution is 2.30. The molecule has 1 rings (SSSR count). The molecular weight excluding hydrogens is 250 g/mol. The molecule has 1 unspecified atom stereocenters. The first-order chi connectivity index (χ1) is 6.13. The Kier molecular flexibility index (Phi) is 4.09. The summed E-state index contributed by atoms with van der Waals surface area (Å²) >= 11 is 4.96. The van der Waals surface area contributed by atoms with Gasteiger partial charge in [0.1, 0.15) is 0 Å². The van der Waals surface area contributed by atoms with Crippen LogP contribution in [0.1, 0.15) is 6.92 Å². The topological polar surface area (TPSA) is 46.2 Å². The van der Waals surface area contributed by atoms with Gasteiger partial charge in [0.25, 0.3) is 0 Å². The molecule has 0 saturated heterocycles. The van der Waals surface area contributed by atoms with E-state index in [1.165, 1.54) is 0 Å². The highest BCUT2D eigenvalue weighted by Gasteiger charge is 2.06. The summed E-state index contributed by atoms with van der Waals surface area (Å²) in [5, 5.41) is 9.06. The molecule has 0 saturated carbocycles. The van der Waals surface area contributed by atoms with E-state index in [4.69, 9.17) is 10.8 Å². The maximum Gasteiger partial charge on any atom is 0.0550 e. The third-order valence-corrected chi connectivity index (χ3v) is 3.21. The van der Waals surface area contributed by atoms with E-state index in [1.807, 2.05) is 25.1 Å². The molecule has 1 aromatic carbocycles. The summed E-state index contributed by atoms with van der Waals surface area (Å²) in [6.07, 6.45) is 0. The number of hydrogen-bond donors (Lipinski definition) is 2. The van der Waals surface area contributed by atoms with E-state index in [9.17, 15) is 0 Å². The van der Waals surface area contributed by atoms with Crippen LogP contribution < -0.4 is 5.73 Å². The predicted octanol–water partition coefficient (Wildman–Crippen LogP) is 2.50. The summed E-state index contributed by atoms with van der Waals surface area (Å²) in [5.74, 6) is 0. The van der Waals surface area contributed by atoms with Gasteiger partial charge >= 0.3 is 0 Å². The second kappa shape index (κ2) is 4.88. The third-order valence-electron chi connectivity index (χ3n) is 1.56. The summed E-state index contributed by atoms with van der Waals surface area (Å²) in [4.78, 5) is 1.01. The molecule has 72 valence electrons. The van der Waals surface area contributed by atoms with Crippen molar-refractivity contribution in [1.29, 1.82) is 0 Å². The van der Waals surface area contributed by atoms with Crippen LogP contribution in [0.3, 0.4) is 0 Å². The van der Waals surface area contributed by atoms with Gasteiger partial charge in [-0.05, 0) is 18.2 Å². The fraction of sp³-hybridized carbons (Fsp3) is 0.333. The molecule has 0 aliphatic rings. The minimum atomic E-state index is 0.163. The number of anilines is 1. The van der Waals surface area contributed by atoms with Crippen LogP contribution >= 0.6 is 27.7 Å². The zero-order valence-corrected chi connectivity index (χ0v) is 9.73. The third kappa shape index (κ3) is 3.21. The molecule has 0 aromatic heterocycles. The number of nitrogens with two attached hydrogens (primary N) is 1. The molecule has 1 aromatic rings. The van der Waals surface area contributed by atoms with Crippen molar-refractivity contribution in [3.05, 3.63) is 22.7 Å². The number of thioether (sulfide) groups is 1. The molecule has 0 amide bonds. The quantitative estimate of drug-likeness (QED) is 0.650. The molecule has 3 N–H and O–H groups in total. The number of nitrogen functional groups attached to an aromatic ring is 1. The van der Waals surface area contributed by atoms with E-state index >= 15 is 0 Å². The van der Waals surface area contributed by atoms with E-state index in [2.05, 4.69) is 15.9 Å². The normalized spacial score (nSPS) is 12.8. The summed E-state index contributed by atoms with van der Waals surface area (Å²) in [7, 11) is 0. The second-order valence-electron chi connectivity index (χ2n) is 2.79. The molecular formula is C9H12BrNOS. The zero-order chi connectivity index (χ0) is 9.84. The smallest absolute Gasteiger partial charge is 0.0550 e. The fourth-order valence-corrected chi connectivity index (χ4v) is 2.28. The molecule has 2 nitrogen and oxygen atoms in total. The lowest BCUT2D eigenvalue weighted by Gasteiger charge is -2.09. The Morgan fingerprint density at radius 2 is 2.31 bits per heavy atom. The van der Waals surface area contributed by atoms with Crippen LogP contribution in [0.2, 0.25) is 0 Å². The second-order valence-corrected chi connectivity index (χ2v) is 5.19. The van der Waals surface area contributed by atoms with Crippen LogP contribution in [0.15, 0.2) is 27.6 Å². The summed E-state index contributed by atoms with van der Waals surface area (Å²) in [6.45, 7) is 2.13. The first kappa shape index (κ1) is 10.9. The average Bonchev–Trinajstić information content (AvgIpc) is 2.11. The lowest BCUT2D eigenvalue weighted by Crippen LogP contribution is -2.02. The monoisotopic (exact) mass is 261 g/mol. The van der Waals surface area contributed by atoms with Crippen LogP contribution in [-0.4, -0.2) is 17.0 Å². The minimum absolute atomic E-state index is 0.163. The molecule has 0 aliphatic carbocycles. The van der Waals surface area contributed by atoms with Crippen LogP contribution in [0.5, 0.6) is 0 Å². The largest absolute Gasteiger partial charge is 0.398 e. The number of aliphatic hydroxyl groups is 1. The van der Waals surface area contributed by atoms with Crippen LogP contribution in [0.25, 0.3) is 0 Å². The van der Waals surface area contributed by atoms with Gasteiger partial charge in [0.05, 0.1) is 6.61 Å². The minimum Gasteiger partial charge on any atom is -0.398 e. The van der Waals surface area contributed by atoms with Crippen molar-refractivity contribution in [2.24, 2.45) is 0 Å². The number of rotatable bonds is 3. The van der Waals surface area contributed by atoms with Crippen molar-refractivity contribution in [1.82, 2.24) is 0 Å². The first-order valence-corrected chi connectivity index (χ1v) is 5.63. The molecule has 0 fully saturated rings. The van der Waals surface area contributed by atoms with E-state index < -0.39 is 0 Å². The highest BCUT2D eigenvalue weighted by molar-refractivity contribution is 9.10. The number of hydrogen-bond acceptors (Lipinski definition) is 3. The Bertz CT molecular complexity index is 293. The van der Waals surface area contributed by atoms with E-state index in [0.717, 1.165) is 15.1 Å². The standard InChI is InChI=1S/C9H12BrNOS/c1-6(5-12)13-9-4-7(10)2-3-8(9)11/h2-4,6,12H,5,11H2,1H3. The summed E-state index contributed by atoms with van der Waals surface area (Å²) in [6, 6.07) is 5.73. The molecule has 0 spiro atoms. The Morgan fingerprint density at radius 1 is 1.62 bits per heavy atom. The van der Waals surface area contributed by atoms with Crippen LogP contribution in [0.4, 0.5) is 5.69 Å². The molecule has 1 atom stereocenters. The van der Waals surface area contributed by atoms with Gasteiger partial charge in [-0.15, -0.1) is 11.8 Å². The SMILES string of the molecule is CC(CO)Sc1cc(Br)ccc1N. The summed E-state index contributed by atoms with van der Waals surface area (Å²) < 4.78 is 1.01. The maximum absolute atomic E-state index is 8.88. The molecule has 4 heteroatoms. The zero-order valence-electron chi connectivity index (χ0n) is 7.33. The van der Waals surface area contributed by atoms with Gasteiger partial charge in [-0.25, -0.2) is 0 Å². The predicted molar refractivity (Wildman–Crippen MR) is 61.0 cm³/mol. The first-order valence-electron chi connectivity index (χ1n) is 3.96. The van der Waals surface area contributed by atoms with E-state index in [-0.39, 0.29) is 11.9 Å². The van der Waals surface area contributed by atoms with E-state index in [0.29, 0.717) is 0 Å². The van der Waals surface area contributed by atoms with Gasteiger partial charge in [0.15, 0.2) is 0 Å². The summed E-state index contributed by atoms with van der Waals surface area (Å²) in [5.41, 5.74) is 6.53. The average molecular weight is 262 g/mol. The van der Waals surface area contributed by atoms with Crippen molar-refractivity contribution >= 4 is 33.4 Å². The lowest BCUT2D eigenvalue weighted by atomic mass is 10.3. The highest BCUT2D eigenvalue weighted by atomic mass is 79.9. The van der Waals surface area contributed by atoms with Gasteiger partial charge in [-0.3, -0.25) is 0 Å². The van der Waals surface area contributed by atoms with Gasteiger partial charge in [-0.1, -0.05) is 22.9 Å². The van der Waals surface area contributed by atoms with Crippen LogP contribution in [-0.2, 0) is 0 Å². The van der Waals surface area contributed by atoms with Gasteiger partial charge in [-0.2, -0.15) is 0 Å². The van der Waals surface area contributed by atoms with E-state index in [1.54, 1.807) is 11.8 Å². The Labute approximate surface area is 90.7 Å². The number of halogens is 1. The van der Waals surface area contributed by atoms with Crippen molar-refractivity contribution in [3.8, 4) is 0 Å². The van der Waals surface area contributed by atoms with Crippen molar-refractivity contribution in [3.63, 3.8) is 0 Å². The molecule has 13 heavy (non-hydrogen) atoms. The number of benzene rings is 1. The fourth-order valence-electron chi connectivity index (χ4n) is 0.864. The molecule has 0 heterocycles. The Balaban J connectivity index is 2.81. The van der Waals surface area contributed by atoms with Gasteiger partial charge in [0, 0.05) is 20.3 Å². The van der Waals surface area contributed by atoms with Crippen molar-refractivity contribution in [2.75, 3.05) is 12.3 Å². The molecule has 0 aliphatic heterocycles. The van der Waals surface area contributed by atoms with Gasteiger partial charge in [0.2, 0.25) is 0 Å². The Hall–Kier alpha value is -0.190.